The molecule has 0 aliphatic heterocycles. The fourth-order valence-corrected chi connectivity index (χ4v) is 1.87. The number of methoxy groups -OCH3 is 1. The molecule has 0 heterocycles. The van der Waals surface area contributed by atoms with Gasteiger partial charge in [-0.15, -0.1) is 0 Å². The molecule has 1 rings (SSSR count). The van der Waals surface area contributed by atoms with E-state index in [1.54, 1.807) is 20.8 Å². The number of halogens is 2. The van der Waals surface area contributed by atoms with Crippen LogP contribution >= 0.6 is 0 Å². The van der Waals surface area contributed by atoms with Crippen molar-refractivity contribution in [2.75, 3.05) is 13.7 Å². The van der Waals surface area contributed by atoms with Gasteiger partial charge in [0.25, 0.3) is 0 Å². The lowest BCUT2D eigenvalue weighted by atomic mass is 10.0. The molecule has 1 aromatic carbocycles. The van der Waals surface area contributed by atoms with E-state index in [-0.39, 0.29) is 18.6 Å². The number of ether oxygens (including phenoxy) is 2. The maximum absolute atomic E-state index is 13.6. The third kappa shape index (κ3) is 6.73. The summed E-state index contributed by atoms with van der Waals surface area (Å²) in [5.74, 6) is -2.16. The number of hydrogen-bond acceptors (Lipinski definition) is 4. The van der Waals surface area contributed by atoms with Crippen molar-refractivity contribution >= 4 is 11.9 Å². The van der Waals surface area contributed by atoms with E-state index in [1.165, 1.54) is 7.11 Å². The Morgan fingerprint density at radius 1 is 1.26 bits per heavy atom. The van der Waals surface area contributed by atoms with E-state index in [9.17, 15) is 18.4 Å². The maximum Gasteiger partial charge on any atom is 0.407 e. The zero-order chi connectivity index (χ0) is 17.6. The Labute approximate surface area is 134 Å². The summed E-state index contributed by atoms with van der Waals surface area (Å²) in [5, 5.41) is 2.49. The van der Waals surface area contributed by atoms with E-state index < -0.39 is 35.2 Å². The second-order valence-electron chi connectivity index (χ2n) is 6.05. The van der Waals surface area contributed by atoms with Crippen LogP contribution in [0.5, 0.6) is 0 Å². The molecule has 0 bridgehead atoms. The Morgan fingerprint density at radius 3 is 2.48 bits per heavy atom. The molecule has 0 fully saturated rings. The largest absolute Gasteiger partial charge is 0.444 e. The SMILES string of the molecule is COCC(CC(=O)c1cc(F)ccc1F)NC(=O)OC(C)(C)C. The molecule has 0 aromatic heterocycles. The van der Waals surface area contributed by atoms with Crippen LogP contribution in [0.3, 0.4) is 0 Å². The topological polar surface area (TPSA) is 64.6 Å². The van der Waals surface area contributed by atoms with E-state index in [0.29, 0.717) is 0 Å². The molecule has 1 amide bonds. The monoisotopic (exact) mass is 329 g/mol. The third-order valence-electron chi connectivity index (χ3n) is 2.75. The molecule has 0 saturated carbocycles. The number of ketones is 1. The highest BCUT2D eigenvalue weighted by atomic mass is 19.1. The zero-order valence-electron chi connectivity index (χ0n) is 13.6. The summed E-state index contributed by atoms with van der Waals surface area (Å²) in [7, 11) is 1.40. The van der Waals surface area contributed by atoms with Crippen LogP contribution in [0.15, 0.2) is 18.2 Å². The molecule has 0 saturated heterocycles. The number of hydrogen-bond donors (Lipinski definition) is 1. The molecular weight excluding hydrogens is 308 g/mol. The average molecular weight is 329 g/mol. The molecule has 7 heteroatoms. The molecule has 0 spiro atoms. The lowest BCUT2D eigenvalue weighted by Crippen LogP contribution is -2.42. The van der Waals surface area contributed by atoms with Crippen molar-refractivity contribution in [2.45, 2.75) is 38.8 Å². The van der Waals surface area contributed by atoms with Gasteiger partial charge in [-0.3, -0.25) is 4.79 Å². The van der Waals surface area contributed by atoms with Gasteiger partial charge in [0.15, 0.2) is 5.78 Å². The molecular formula is C16H21F2NO4. The Balaban J connectivity index is 2.77. The van der Waals surface area contributed by atoms with Gasteiger partial charge in [-0.1, -0.05) is 0 Å². The number of amides is 1. The van der Waals surface area contributed by atoms with Crippen LogP contribution in [0.2, 0.25) is 0 Å². The van der Waals surface area contributed by atoms with Gasteiger partial charge < -0.3 is 14.8 Å². The van der Waals surface area contributed by atoms with Crippen LogP contribution < -0.4 is 5.32 Å². The molecule has 128 valence electrons. The number of alkyl carbamates (subject to hydrolysis) is 1. The summed E-state index contributed by atoms with van der Waals surface area (Å²) in [6, 6.07) is 1.92. The van der Waals surface area contributed by atoms with Gasteiger partial charge in [-0.05, 0) is 39.0 Å². The van der Waals surface area contributed by atoms with E-state index in [4.69, 9.17) is 9.47 Å². The normalized spacial score (nSPS) is 12.6. The minimum atomic E-state index is -0.815. The van der Waals surface area contributed by atoms with Gasteiger partial charge in [-0.25, -0.2) is 13.6 Å². The molecule has 1 atom stereocenters. The standard InChI is InChI=1S/C16H21F2NO4/c1-16(2,3)23-15(21)19-11(9-22-4)8-14(20)12-7-10(17)5-6-13(12)18/h5-7,11H,8-9H2,1-4H3,(H,19,21). The van der Waals surface area contributed by atoms with Gasteiger partial charge >= 0.3 is 6.09 Å². The fraction of sp³-hybridized carbons (Fsp3) is 0.500. The predicted octanol–water partition coefficient (Wildman–Crippen LogP) is 3.08. The quantitative estimate of drug-likeness (QED) is 0.815. The number of Topliss-reactive ketones (excluding diaryl/α,β-unsaturated/α-hetero) is 1. The van der Waals surface area contributed by atoms with Crippen LogP contribution in [0.1, 0.15) is 37.6 Å². The Kier molecular flexibility index (Phi) is 6.62. The third-order valence-corrected chi connectivity index (χ3v) is 2.75. The molecule has 1 aromatic rings. The highest BCUT2D eigenvalue weighted by molar-refractivity contribution is 5.96. The molecule has 5 nitrogen and oxygen atoms in total. The van der Waals surface area contributed by atoms with Crippen molar-refractivity contribution < 1.29 is 27.8 Å². The second-order valence-corrected chi connectivity index (χ2v) is 6.05. The number of rotatable bonds is 6. The smallest absolute Gasteiger partial charge is 0.407 e. The Bertz CT molecular complexity index is 570. The van der Waals surface area contributed by atoms with E-state index in [0.717, 1.165) is 18.2 Å². The van der Waals surface area contributed by atoms with Gasteiger partial charge in [0, 0.05) is 13.5 Å². The minimum Gasteiger partial charge on any atom is -0.444 e. The minimum absolute atomic E-state index is 0.0297. The van der Waals surface area contributed by atoms with Crippen LogP contribution in [-0.4, -0.2) is 37.2 Å². The molecule has 23 heavy (non-hydrogen) atoms. The lowest BCUT2D eigenvalue weighted by Gasteiger charge is -2.23. The maximum atomic E-state index is 13.6. The first-order valence-corrected chi connectivity index (χ1v) is 7.09. The molecule has 0 aliphatic carbocycles. The van der Waals surface area contributed by atoms with Crippen LogP contribution in [-0.2, 0) is 9.47 Å². The highest BCUT2D eigenvalue weighted by Crippen LogP contribution is 2.14. The van der Waals surface area contributed by atoms with Gasteiger partial charge in [0.1, 0.15) is 17.2 Å². The first kappa shape index (κ1) is 19.0. The van der Waals surface area contributed by atoms with Crippen LogP contribution in [0, 0.1) is 11.6 Å². The number of benzene rings is 1. The summed E-state index contributed by atoms with van der Waals surface area (Å²) < 4.78 is 36.8. The second kappa shape index (κ2) is 8.01. The van der Waals surface area contributed by atoms with Crippen molar-refractivity contribution in [3.63, 3.8) is 0 Å². The summed E-state index contributed by atoms with van der Waals surface area (Å²) in [6.07, 6.45) is -0.958. The van der Waals surface area contributed by atoms with Crippen LogP contribution in [0.25, 0.3) is 0 Å². The zero-order valence-corrected chi connectivity index (χ0v) is 13.6. The van der Waals surface area contributed by atoms with Gasteiger partial charge in [-0.2, -0.15) is 0 Å². The van der Waals surface area contributed by atoms with E-state index >= 15 is 0 Å². The summed E-state index contributed by atoms with van der Waals surface area (Å²) in [5.41, 5.74) is -1.06. The van der Waals surface area contributed by atoms with E-state index in [2.05, 4.69) is 5.32 Å². The summed E-state index contributed by atoms with van der Waals surface area (Å²) in [4.78, 5) is 23.9. The first-order chi connectivity index (χ1) is 10.6. The van der Waals surface area contributed by atoms with Crippen molar-refractivity contribution in [3.8, 4) is 0 Å². The number of nitrogens with one attached hydrogen (secondary N) is 1. The Hall–Kier alpha value is -2.02. The van der Waals surface area contributed by atoms with E-state index in [1.807, 2.05) is 0 Å². The van der Waals surface area contributed by atoms with Gasteiger partial charge in [0.2, 0.25) is 0 Å². The molecule has 0 radical (unpaired) electrons. The molecule has 1 N–H and O–H groups in total. The van der Waals surface area contributed by atoms with Crippen molar-refractivity contribution in [1.29, 1.82) is 0 Å². The average Bonchev–Trinajstić information content (AvgIpc) is 2.39. The first-order valence-electron chi connectivity index (χ1n) is 7.09. The lowest BCUT2D eigenvalue weighted by molar-refractivity contribution is 0.0464. The Morgan fingerprint density at radius 2 is 1.91 bits per heavy atom. The number of carbonyl (C=O) groups excluding carboxylic acids is 2. The summed E-state index contributed by atoms with van der Waals surface area (Å²) >= 11 is 0. The molecule has 1 unspecified atom stereocenters. The number of carbonyl (C=O) groups is 2. The van der Waals surface area contributed by atoms with Gasteiger partial charge in [0.05, 0.1) is 18.2 Å². The highest BCUT2D eigenvalue weighted by Gasteiger charge is 2.23. The molecule has 0 aliphatic rings. The van der Waals surface area contributed by atoms with Crippen LogP contribution in [0.4, 0.5) is 13.6 Å². The fourth-order valence-electron chi connectivity index (χ4n) is 1.87. The van der Waals surface area contributed by atoms with Crippen molar-refractivity contribution in [2.24, 2.45) is 0 Å². The van der Waals surface area contributed by atoms with Crippen molar-refractivity contribution in [1.82, 2.24) is 5.32 Å². The van der Waals surface area contributed by atoms with Crippen molar-refractivity contribution in [3.05, 3.63) is 35.4 Å². The summed E-state index contributed by atoms with van der Waals surface area (Å²) in [6.45, 7) is 5.13. The predicted molar refractivity (Wildman–Crippen MR) is 80.3 cm³/mol.